The maximum atomic E-state index is 9.96. The Balaban J connectivity index is 2.39. The average molecular weight is 274 g/mol. The van der Waals surface area contributed by atoms with Crippen molar-refractivity contribution in [3.8, 4) is 5.75 Å². The van der Waals surface area contributed by atoms with Crippen LogP contribution in [-0.2, 0) is 0 Å². The molecule has 0 radical (unpaired) electrons. The van der Waals surface area contributed by atoms with Gasteiger partial charge in [0.05, 0.1) is 13.2 Å². The highest BCUT2D eigenvalue weighted by molar-refractivity contribution is 7.99. The van der Waals surface area contributed by atoms with E-state index in [0.717, 1.165) is 21.1 Å². The fraction of sp³-hybridized carbons (Fsp3) is 0.250. The molecule has 2 aromatic carbocycles. The van der Waals surface area contributed by atoms with E-state index in [1.807, 2.05) is 24.3 Å². The van der Waals surface area contributed by atoms with Crippen LogP contribution in [0.3, 0.4) is 0 Å². The lowest BCUT2D eigenvalue weighted by Gasteiger charge is -2.15. The third kappa shape index (κ3) is 3.31. The molecule has 1 N–H and O–H groups in total. The molecule has 2 nitrogen and oxygen atoms in total. The summed E-state index contributed by atoms with van der Waals surface area (Å²) in [6.07, 6.45) is -0.552. The Bertz CT molecular complexity index is 564. The standard InChI is InChI=1S/C16H18O2S/c1-11-6-4-7-13(10-11)19-15-9-5-8-14(18-3)16(15)12(2)17/h4-10,12,17H,1-3H3/t12-/m1/s1. The number of rotatable bonds is 4. The summed E-state index contributed by atoms with van der Waals surface area (Å²) in [7, 11) is 1.63. The number of methoxy groups -OCH3 is 1. The molecule has 0 aromatic heterocycles. The van der Waals surface area contributed by atoms with Crippen molar-refractivity contribution in [2.24, 2.45) is 0 Å². The molecule has 0 spiro atoms. The van der Waals surface area contributed by atoms with Crippen LogP contribution in [0.15, 0.2) is 52.3 Å². The first-order valence-electron chi connectivity index (χ1n) is 6.21. The van der Waals surface area contributed by atoms with Crippen LogP contribution in [0.5, 0.6) is 5.75 Å². The second-order valence-corrected chi connectivity index (χ2v) is 5.58. The highest BCUT2D eigenvalue weighted by atomic mass is 32.2. The minimum Gasteiger partial charge on any atom is -0.496 e. The summed E-state index contributed by atoms with van der Waals surface area (Å²) in [6, 6.07) is 14.2. The lowest BCUT2D eigenvalue weighted by atomic mass is 10.1. The zero-order valence-electron chi connectivity index (χ0n) is 11.4. The van der Waals surface area contributed by atoms with E-state index >= 15 is 0 Å². The first-order valence-corrected chi connectivity index (χ1v) is 7.03. The van der Waals surface area contributed by atoms with Crippen molar-refractivity contribution in [1.82, 2.24) is 0 Å². The van der Waals surface area contributed by atoms with Gasteiger partial charge in [-0.1, -0.05) is 35.5 Å². The minimum absolute atomic E-state index is 0.552. The third-order valence-corrected chi connectivity index (χ3v) is 3.95. The van der Waals surface area contributed by atoms with Crippen molar-refractivity contribution in [2.45, 2.75) is 29.7 Å². The quantitative estimate of drug-likeness (QED) is 0.905. The van der Waals surface area contributed by atoms with E-state index in [9.17, 15) is 5.11 Å². The molecule has 0 aliphatic carbocycles. The normalized spacial score (nSPS) is 12.2. The van der Waals surface area contributed by atoms with Crippen molar-refractivity contribution in [1.29, 1.82) is 0 Å². The second kappa shape index (κ2) is 6.13. The van der Waals surface area contributed by atoms with Crippen LogP contribution in [0.1, 0.15) is 24.2 Å². The molecular weight excluding hydrogens is 256 g/mol. The molecule has 0 saturated carbocycles. The van der Waals surface area contributed by atoms with E-state index in [0.29, 0.717) is 0 Å². The van der Waals surface area contributed by atoms with Gasteiger partial charge in [-0.3, -0.25) is 0 Å². The van der Waals surface area contributed by atoms with Gasteiger partial charge in [0.1, 0.15) is 5.75 Å². The molecule has 0 unspecified atom stereocenters. The van der Waals surface area contributed by atoms with E-state index in [4.69, 9.17) is 4.74 Å². The fourth-order valence-electron chi connectivity index (χ4n) is 2.01. The van der Waals surface area contributed by atoms with E-state index in [-0.39, 0.29) is 0 Å². The Kier molecular flexibility index (Phi) is 4.51. The van der Waals surface area contributed by atoms with Gasteiger partial charge in [-0.15, -0.1) is 0 Å². The van der Waals surface area contributed by atoms with Crippen molar-refractivity contribution in [2.75, 3.05) is 7.11 Å². The highest BCUT2D eigenvalue weighted by Crippen LogP contribution is 2.38. The molecule has 0 aliphatic heterocycles. The number of aliphatic hydroxyl groups excluding tert-OH is 1. The SMILES string of the molecule is COc1cccc(Sc2cccc(C)c2)c1[C@@H](C)O. The first-order chi connectivity index (χ1) is 9.11. The Hall–Kier alpha value is -1.45. The lowest BCUT2D eigenvalue weighted by molar-refractivity contribution is 0.191. The largest absolute Gasteiger partial charge is 0.496 e. The molecule has 2 aromatic rings. The molecule has 2 rings (SSSR count). The van der Waals surface area contributed by atoms with Crippen LogP contribution in [0, 0.1) is 6.92 Å². The number of benzene rings is 2. The second-order valence-electron chi connectivity index (χ2n) is 4.47. The van der Waals surface area contributed by atoms with Gasteiger partial charge in [-0.2, -0.15) is 0 Å². The van der Waals surface area contributed by atoms with Crippen LogP contribution in [0.2, 0.25) is 0 Å². The summed E-state index contributed by atoms with van der Waals surface area (Å²) in [5, 5.41) is 9.96. The van der Waals surface area contributed by atoms with Crippen molar-refractivity contribution >= 4 is 11.8 Å². The first kappa shape index (κ1) is 14.0. The Labute approximate surface area is 118 Å². The predicted molar refractivity (Wildman–Crippen MR) is 78.9 cm³/mol. The van der Waals surface area contributed by atoms with Gasteiger partial charge in [0.15, 0.2) is 0 Å². The van der Waals surface area contributed by atoms with Crippen LogP contribution in [0.25, 0.3) is 0 Å². The van der Waals surface area contributed by atoms with Crippen LogP contribution >= 0.6 is 11.8 Å². The lowest BCUT2D eigenvalue weighted by Crippen LogP contribution is -1.98. The van der Waals surface area contributed by atoms with Crippen molar-refractivity contribution < 1.29 is 9.84 Å². The summed E-state index contributed by atoms with van der Waals surface area (Å²) in [6.45, 7) is 3.84. The van der Waals surface area contributed by atoms with Gasteiger partial charge in [-0.05, 0) is 38.1 Å². The maximum absolute atomic E-state index is 9.96. The number of hydrogen-bond donors (Lipinski definition) is 1. The van der Waals surface area contributed by atoms with Gasteiger partial charge in [0.2, 0.25) is 0 Å². The molecule has 0 amide bonds. The van der Waals surface area contributed by atoms with Gasteiger partial charge < -0.3 is 9.84 Å². The average Bonchev–Trinajstić information content (AvgIpc) is 2.38. The molecule has 100 valence electrons. The van der Waals surface area contributed by atoms with Crippen LogP contribution in [-0.4, -0.2) is 12.2 Å². The van der Waals surface area contributed by atoms with Crippen molar-refractivity contribution in [3.05, 3.63) is 53.6 Å². The van der Waals surface area contributed by atoms with Gasteiger partial charge in [0, 0.05) is 15.4 Å². The van der Waals surface area contributed by atoms with E-state index < -0.39 is 6.10 Å². The van der Waals surface area contributed by atoms with Gasteiger partial charge in [-0.25, -0.2) is 0 Å². The molecule has 0 heterocycles. The topological polar surface area (TPSA) is 29.5 Å². The number of hydrogen-bond acceptors (Lipinski definition) is 3. The van der Waals surface area contributed by atoms with Gasteiger partial charge >= 0.3 is 0 Å². The Morgan fingerprint density at radius 1 is 1.16 bits per heavy atom. The van der Waals surface area contributed by atoms with E-state index in [1.54, 1.807) is 25.8 Å². The number of aryl methyl sites for hydroxylation is 1. The molecule has 3 heteroatoms. The smallest absolute Gasteiger partial charge is 0.125 e. The molecule has 1 atom stereocenters. The maximum Gasteiger partial charge on any atom is 0.125 e. The third-order valence-electron chi connectivity index (χ3n) is 2.88. The molecule has 19 heavy (non-hydrogen) atoms. The molecule has 0 fully saturated rings. The minimum atomic E-state index is -0.552. The van der Waals surface area contributed by atoms with Gasteiger partial charge in [0.25, 0.3) is 0 Å². The van der Waals surface area contributed by atoms with E-state index in [2.05, 4.69) is 25.1 Å². The summed E-state index contributed by atoms with van der Waals surface area (Å²) in [4.78, 5) is 2.19. The molecule has 0 saturated heterocycles. The fourth-order valence-corrected chi connectivity index (χ4v) is 3.18. The predicted octanol–water partition coefficient (Wildman–Crippen LogP) is 4.21. The van der Waals surface area contributed by atoms with Crippen molar-refractivity contribution in [3.63, 3.8) is 0 Å². The summed E-state index contributed by atoms with van der Waals surface area (Å²) in [5.41, 5.74) is 2.07. The Morgan fingerprint density at radius 2 is 1.89 bits per heavy atom. The number of aliphatic hydroxyl groups is 1. The Morgan fingerprint density at radius 3 is 2.53 bits per heavy atom. The van der Waals surface area contributed by atoms with Crippen LogP contribution in [0.4, 0.5) is 0 Å². The van der Waals surface area contributed by atoms with Crippen LogP contribution < -0.4 is 4.74 Å². The summed E-state index contributed by atoms with van der Waals surface area (Å²) >= 11 is 1.65. The zero-order chi connectivity index (χ0) is 13.8. The molecular formula is C16H18O2S. The highest BCUT2D eigenvalue weighted by Gasteiger charge is 2.14. The zero-order valence-corrected chi connectivity index (χ0v) is 12.2. The van der Waals surface area contributed by atoms with E-state index in [1.165, 1.54) is 5.56 Å². The molecule has 0 aliphatic rings. The summed E-state index contributed by atoms with van der Waals surface area (Å²) < 4.78 is 5.34. The molecule has 0 bridgehead atoms. The monoisotopic (exact) mass is 274 g/mol. The summed E-state index contributed by atoms with van der Waals surface area (Å²) in [5.74, 6) is 0.729. The number of ether oxygens (including phenoxy) is 1.